The third-order valence-electron chi connectivity index (χ3n) is 6.05. The highest BCUT2D eigenvalue weighted by Crippen LogP contribution is 2.65. The molecular weight excluding hydrogens is 472 g/mol. The maximum atomic E-state index is 12.6. The zero-order valence-electron chi connectivity index (χ0n) is 15.6. The first-order valence-electron chi connectivity index (χ1n) is 8.98. The Hall–Kier alpha value is 0.01000. The standard InChI is InChI=1S/C16H23Cl4N3O4S/c1-13(9-15(13,17)18)11(24)21-3-8-28(26,27)23-6-4-22(5-7-23)12(25)14(2)10-16(14,19)20/h3-10H2,1-2H3,(H,21,24)/t13-,14-/m1/s1. The minimum Gasteiger partial charge on any atom is -0.354 e. The van der Waals surface area contributed by atoms with Crippen LogP contribution in [-0.4, -0.2) is 76.6 Å². The van der Waals surface area contributed by atoms with Gasteiger partial charge in [0.25, 0.3) is 0 Å². The van der Waals surface area contributed by atoms with E-state index in [4.69, 9.17) is 46.4 Å². The average Bonchev–Trinajstić information content (AvgIpc) is 3.33. The number of piperazine rings is 1. The van der Waals surface area contributed by atoms with E-state index in [2.05, 4.69) is 5.32 Å². The van der Waals surface area contributed by atoms with E-state index in [0.29, 0.717) is 12.8 Å². The number of carbonyl (C=O) groups excluding carboxylic acids is 2. The van der Waals surface area contributed by atoms with Crippen molar-refractivity contribution in [3.63, 3.8) is 0 Å². The molecule has 0 unspecified atom stereocenters. The lowest BCUT2D eigenvalue weighted by molar-refractivity contribution is -0.137. The number of nitrogens with zero attached hydrogens (tertiary/aromatic N) is 2. The highest BCUT2D eigenvalue weighted by molar-refractivity contribution is 7.89. The van der Waals surface area contributed by atoms with E-state index in [9.17, 15) is 18.0 Å². The molecule has 0 aromatic rings. The summed E-state index contributed by atoms with van der Waals surface area (Å²) in [6.07, 6.45) is 0.730. The molecule has 0 radical (unpaired) electrons. The lowest BCUT2D eigenvalue weighted by atomic mass is 10.1. The number of alkyl halides is 4. The molecule has 1 N–H and O–H groups in total. The average molecular weight is 495 g/mol. The van der Waals surface area contributed by atoms with Crippen molar-refractivity contribution in [3.8, 4) is 0 Å². The molecule has 160 valence electrons. The van der Waals surface area contributed by atoms with Crippen LogP contribution < -0.4 is 5.32 Å². The summed E-state index contributed by atoms with van der Waals surface area (Å²) in [5.74, 6) is -0.735. The van der Waals surface area contributed by atoms with E-state index in [1.165, 1.54) is 4.31 Å². The minimum absolute atomic E-state index is 0.0289. The summed E-state index contributed by atoms with van der Waals surface area (Å²) in [7, 11) is -3.56. The third-order valence-corrected chi connectivity index (χ3v) is 10.1. The van der Waals surface area contributed by atoms with Crippen LogP contribution in [0.1, 0.15) is 26.7 Å². The smallest absolute Gasteiger partial charge is 0.231 e. The zero-order chi connectivity index (χ0) is 21.2. The molecule has 0 aromatic carbocycles. The van der Waals surface area contributed by atoms with Gasteiger partial charge >= 0.3 is 0 Å². The van der Waals surface area contributed by atoms with Crippen molar-refractivity contribution >= 4 is 68.2 Å². The monoisotopic (exact) mass is 493 g/mol. The highest BCUT2D eigenvalue weighted by Gasteiger charge is 2.69. The predicted octanol–water partition coefficient (Wildman–Crippen LogP) is 1.74. The molecule has 2 atom stereocenters. The van der Waals surface area contributed by atoms with Crippen LogP contribution >= 0.6 is 46.4 Å². The molecule has 1 heterocycles. The minimum atomic E-state index is -3.56. The molecular formula is C16H23Cl4N3O4S. The van der Waals surface area contributed by atoms with Gasteiger partial charge in [0, 0.05) is 32.7 Å². The Morgan fingerprint density at radius 1 is 0.929 bits per heavy atom. The molecule has 0 spiro atoms. The Balaban J connectivity index is 1.46. The lowest BCUT2D eigenvalue weighted by Crippen LogP contribution is -2.53. The number of nitrogens with one attached hydrogen (secondary N) is 1. The summed E-state index contributed by atoms with van der Waals surface area (Å²) in [5.41, 5.74) is -1.69. The number of hydrogen-bond donors (Lipinski definition) is 1. The molecule has 0 aromatic heterocycles. The number of rotatable bonds is 6. The maximum Gasteiger partial charge on any atom is 0.231 e. The van der Waals surface area contributed by atoms with Crippen molar-refractivity contribution in [1.29, 1.82) is 0 Å². The fourth-order valence-electron chi connectivity index (χ4n) is 3.41. The maximum absolute atomic E-state index is 12.6. The first-order valence-corrected chi connectivity index (χ1v) is 12.1. The third kappa shape index (κ3) is 3.85. The number of carbonyl (C=O) groups is 2. The summed E-state index contributed by atoms with van der Waals surface area (Å²) in [4.78, 5) is 26.3. The van der Waals surface area contributed by atoms with Crippen LogP contribution in [0.4, 0.5) is 0 Å². The van der Waals surface area contributed by atoms with Crippen molar-refractivity contribution in [2.45, 2.75) is 35.4 Å². The fourth-order valence-corrected chi connectivity index (χ4v) is 6.15. The molecule has 28 heavy (non-hydrogen) atoms. The molecule has 2 amide bonds. The highest BCUT2D eigenvalue weighted by atomic mass is 35.5. The Morgan fingerprint density at radius 3 is 1.82 bits per heavy atom. The first-order chi connectivity index (χ1) is 12.7. The van der Waals surface area contributed by atoms with Gasteiger partial charge < -0.3 is 10.2 Å². The number of halogens is 4. The van der Waals surface area contributed by atoms with Crippen molar-refractivity contribution < 1.29 is 18.0 Å². The largest absolute Gasteiger partial charge is 0.354 e. The van der Waals surface area contributed by atoms with E-state index in [-0.39, 0.29) is 50.3 Å². The second kappa shape index (κ2) is 7.02. The summed E-state index contributed by atoms with van der Waals surface area (Å²) in [6.45, 7) is 4.28. The molecule has 2 saturated carbocycles. The van der Waals surface area contributed by atoms with Crippen molar-refractivity contribution in [2.75, 3.05) is 38.5 Å². The molecule has 3 rings (SSSR count). The van der Waals surface area contributed by atoms with Crippen molar-refractivity contribution in [2.24, 2.45) is 10.8 Å². The Morgan fingerprint density at radius 2 is 1.39 bits per heavy atom. The van der Waals surface area contributed by atoms with Crippen molar-refractivity contribution in [3.05, 3.63) is 0 Å². The van der Waals surface area contributed by atoms with Gasteiger partial charge in [0.15, 0.2) is 0 Å². The van der Waals surface area contributed by atoms with Crippen LogP contribution in [0.3, 0.4) is 0 Å². The number of amides is 2. The van der Waals surface area contributed by atoms with Crippen molar-refractivity contribution in [1.82, 2.24) is 14.5 Å². The molecule has 1 aliphatic heterocycles. The molecule has 7 nitrogen and oxygen atoms in total. The normalized spacial score (nSPS) is 34.0. The first kappa shape index (κ1) is 22.7. The molecule has 1 saturated heterocycles. The molecule has 3 aliphatic rings. The predicted molar refractivity (Wildman–Crippen MR) is 109 cm³/mol. The Bertz CT molecular complexity index is 798. The summed E-state index contributed by atoms with van der Waals surface area (Å²) in [6, 6.07) is 0. The second-order valence-corrected chi connectivity index (χ2v) is 13.2. The topological polar surface area (TPSA) is 86.8 Å². The van der Waals surface area contributed by atoms with E-state index in [1.807, 2.05) is 0 Å². The Labute approximate surface area is 185 Å². The van der Waals surface area contributed by atoms with Gasteiger partial charge in [-0.05, 0) is 26.7 Å². The van der Waals surface area contributed by atoms with Gasteiger partial charge in [-0.2, -0.15) is 4.31 Å². The zero-order valence-corrected chi connectivity index (χ0v) is 19.4. The van der Waals surface area contributed by atoms with Gasteiger partial charge in [-0.1, -0.05) is 0 Å². The lowest BCUT2D eigenvalue weighted by Gasteiger charge is -2.35. The van der Waals surface area contributed by atoms with Crippen LogP contribution in [0.25, 0.3) is 0 Å². The summed E-state index contributed by atoms with van der Waals surface area (Å²) in [5, 5.41) is 2.59. The van der Waals surface area contributed by atoms with E-state index in [0.717, 1.165) is 0 Å². The van der Waals surface area contributed by atoms with Gasteiger partial charge in [-0.15, -0.1) is 46.4 Å². The number of hydrogen-bond acceptors (Lipinski definition) is 4. The van der Waals surface area contributed by atoms with E-state index >= 15 is 0 Å². The molecule has 3 fully saturated rings. The Kier molecular flexibility index (Phi) is 5.69. The molecule has 0 bridgehead atoms. The van der Waals surface area contributed by atoms with Gasteiger partial charge in [0.1, 0.15) is 8.67 Å². The SMILES string of the molecule is C[C@]1(C(=O)NCCS(=O)(=O)N2CCN(C(=O)[C@@]3(C)CC3(Cl)Cl)CC2)CC1(Cl)Cl. The second-order valence-electron chi connectivity index (χ2n) is 8.19. The van der Waals surface area contributed by atoms with E-state index in [1.54, 1.807) is 18.7 Å². The van der Waals surface area contributed by atoms with Gasteiger partial charge in [0.05, 0.1) is 16.6 Å². The van der Waals surface area contributed by atoms with Crippen LogP contribution in [-0.2, 0) is 19.6 Å². The number of sulfonamides is 1. The molecule has 2 aliphatic carbocycles. The summed E-state index contributed by atoms with van der Waals surface area (Å²) >= 11 is 24.0. The van der Waals surface area contributed by atoms with Gasteiger partial charge in [-0.3, -0.25) is 9.59 Å². The quantitative estimate of drug-likeness (QED) is 0.570. The van der Waals surface area contributed by atoms with Crippen LogP contribution in [0.2, 0.25) is 0 Å². The van der Waals surface area contributed by atoms with E-state index < -0.39 is 29.5 Å². The van der Waals surface area contributed by atoms with Gasteiger partial charge in [0.2, 0.25) is 21.8 Å². The van der Waals surface area contributed by atoms with Gasteiger partial charge in [-0.25, -0.2) is 8.42 Å². The molecule has 12 heteroatoms. The van der Waals surface area contributed by atoms with Crippen LogP contribution in [0, 0.1) is 10.8 Å². The fraction of sp³-hybridized carbons (Fsp3) is 0.875. The summed E-state index contributed by atoms with van der Waals surface area (Å²) < 4.78 is 24.2. The van der Waals surface area contributed by atoms with Crippen LogP contribution in [0.15, 0.2) is 0 Å². The van der Waals surface area contributed by atoms with Crippen LogP contribution in [0.5, 0.6) is 0 Å².